The molecule has 0 aliphatic rings. The van der Waals surface area contributed by atoms with E-state index in [9.17, 15) is 8.42 Å². The van der Waals surface area contributed by atoms with Gasteiger partial charge in [0, 0.05) is 11.1 Å². The van der Waals surface area contributed by atoms with Gasteiger partial charge in [-0.05, 0) is 30.7 Å². The molecule has 2 aromatic rings. The summed E-state index contributed by atoms with van der Waals surface area (Å²) in [6.45, 7) is 1.77. The van der Waals surface area contributed by atoms with Crippen molar-refractivity contribution in [1.29, 1.82) is 0 Å². The van der Waals surface area contributed by atoms with Gasteiger partial charge >= 0.3 is 0 Å². The van der Waals surface area contributed by atoms with E-state index in [1.165, 1.54) is 18.2 Å². The van der Waals surface area contributed by atoms with E-state index in [1.807, 2.05) is 30.3 Å². The van der Waals surface area contributed by atoms with E-state index >= 15 is 0 Å². The topological polar surface area (TPSA) is 46.2 Å². The fourth-order valence-electron chi connectivity index (χ4n) is 1.80. The standard InChI is InChI=1S/C14H13Cl2NO2S/c1-10(11-5-3-2-4-6-11)17-20(18,19)14-8-7-12(15)9-13(14)16/h2-10,17H,1H3/t10-/m0/s1. The van der Waals surface area contributed by atoms with Crippen LogP contribution in [0.1, 0.15) is 18.5 Å². The first-order valence-corrected chi connectivity index (χ1v) is 8.16. The summed E-state index contributed by atoms with van der Waals surface area (Å²) < 4.78 is 27.2. The predicted octanol–water partition coefficient (Wildman–Crippen LogP) is 4.03. The molecule has 0 radical (unpaired) electrons. The summed E-state index contributed by atoms with van der Waals surface area (Å²) in [5.74, 6) is 0. The molecule has 0 heterocycles. The van der Waals surface area contributed by atoms with Gasteiger partial charge in [-0.15, -0.1) is 0 Å². The first-order chi connectivity index (χ1) is 9.40. The molecule has 6 heteroatoms. The molecular weight excluding hydrogens is 317 g/mol. The molecule has 0 aliphatic heterocycles. The van der Waals surface area contributed by atoms with Gasteiger partial charge in [-0.25, -0.2) is 13.1 Å². The lowest BCUT2D eigenvalue weighted by atomic mass is 10.1. The average molecular weight is 330 g/mol. The van der Waals surface area contributed by atoms with E-state index in [1.54, 1.807) is 6.92 Å². The Morgan fingerprint density at radius 1 is 1.05 bits per heavy atom. The Bertz CT molecular complexity index is 702. The van der Waals surface area contributed by atoms with Crippen molar-refractivity contribution in [3.8, 4) is 0 Å². The Balaban J connectivity index is 2.28. The number of benzene rings is 2. The van der Waals surface area contributed by atoms with E-state index in [0.717, 1.165) is 5.56 Å². The Kier molecular flexibility index (Phi) is 4.70. The van der Waals surface area contributed by atoms with Crippen LogP contribution in [0.4, 0.5) is 0 Å². The Morgan fingerprint density at radius 3 is 2.30 bits per heavy atom. The van der Waals surface area contributed by atoms with Gasteiger partial charge in [0.05, 0.1) is 5.02 Å². The van der Waals surface area contributed by atoms with Gasteiger partial charge in [0.1, 0.15) is 4.90 Å². The minimum absolute atomic E-state index is 0.0198. The molecule has 0 saturated carbocycles. The van der Waals surface area contributed by atoms with Crippen LogP contribution < -0.4 is 4.72 Å². The monoisotopic (exact) mass is 329 g/mol. The van der Waals surface area contributed by atoms with Crippen LogP contribution in [0.15, 0.2) is 53.4 Å². The molecule has 0 amide bonds. The van der Waals surface area contributed by atoms with Crippen LogP contribution in [-0.4, -0.2) is 8.42 Å². The summed E-state index contributed by atoms with van der Waals surface area (Å²) in [5.41, 5.74) is 0.876. The molecule has 0 aliphatic carbocycles. The van der Waals surface area contributed by atoms with E-state index in [4.69, 9.17) is 23.2 Å². The summed E-state index contributed by atoms with van der Waals surface area (Å²) in [7, 11) is -3.70. The molecular formula is C14H13Cl2NO2S. The lowest BCUT2D eigenvalue weighted by Gasteiger charge is -2.15. The predicted molar refractivity (Wildman–Crippen MR) is 81.6 cm³/mol. The highest BCUT2D eigenvalue weighted by atomic mass is 35.5. The maximum Gasteiger partial charge on any atom is 0.242 e. The van der Waals surface area contributed by atoms with Gasteiger partial charge < -0.3 is 0 Å². The minimum atomic E-state index is -3.70. The Hall–Kier alpha value is -1.07. The Labute approximate surface area is 128 Å². The van der Waals surface area contributed by atoms with Gasteiger partial charge in [0.15, 0.2) is 0 Å². The molecule has 1 N–H and O–H groups in total. The molecule has 0 bridgehead atoms. The quantitative estimate of drug-likeness (QED) is 0.920. The first kappa shape index (κ1) is 15.3. The fourth-order valence-corrected chi connectivity index (χ4v) is 3.80. The number of rotatable bonds is 4. The lowest BCUT2D eigenvalue weighted by molar-refractivity contribution is 0.567. The molecule has 0 saturated heterocycles. The summed E-state index contributed by atoms with van der Waals surface area (Å²) >= 11 is 11.7. The maximum atomic E-state index is 12.3. The molecule has 3 nitrogen and oxygen atoms in total. The van der Waals surface area contributed by atoms with Crippen molar-refractivity contribution in [3.63, 3.8) is 0 Å². The van der Waals surface area contributed by atoms with Crippen molar-refractivity contribution >= 4 is 33.2 Å². The highest BCUT2D eigenvalue weighted by Crippen LogP contribution is 2.26. The summed E-state index contributed by atoms with van der Waals surface area (Å²) in [5, 5.41) is 0.496. The third kappa shape index (κ3) is 3.52. The lowest BCUT2D eigenvalue weighted by Crippen LogP contribution is -2.27. The van der Waals surface area contributed by atoms with Crippen LogP contribution in [0.3, 0.4) is 0 Å². The smallest absolute Gasteiger partial charge is 0.207 e. The van der Waals surface area contributed by atoms with Crippen molar-refractivity contribution < 1.29 is 8.42 Å². The van der Waals surface area contributed by atoms with Gasteiger partial charge in [-0.1, -0.05) is 53.5 Å². The maximum absolute atomic E-state index is 12.3. The van der Waals surface area contributed by atoms with Crippen LogP contribution >= 0.6 is 23.2 Å². The molecule has 2 aromatic carbocycles. The second-order valence-electron chi connectivity index (χ2n) is 4.33. The van der Waals surface area contributed by atoms with Gasteiger partial charge in [-0.3, -0.25) is 0 Å². The second kappa shape index (κ2) is 6.14. The number of halogens is 2. The van der Waals surface area contributed by atoms with Crippen LogP contribution in [0, 0.1) is 0 Å². The van der Waals surface area contributed by atoms with Crippen LogP contribution in [0.25, 0.3) is 0 Å². The van der Waals surface area contributed by atoms with Crippen molar-refractivity contribution in [2.24, 2.45) is 0 Å². The molecule has 0 spiro atoms. The second-order valence-corrected chi connectivity index (χ2v) is 6.85. The largest absolute Gasteiger partial charge is 0.242 e. The van der Waals surface area contributed by atoms with E-state index in [0.29, 0.717) is 5.02 Å². The normalized spacial score (nSPS) is 13.2. The number of hydrogen-bond acceptors (Lipinski definition) is 2. The molecule has 0 aromatic heterocycles. The highest BCUT2D eigenvalue weighted by molar-refractivity contribution is 7.89. The van der Waals surface area contributed by atoms with Crippen LogP contribution in [0.2, 0.25) is 10.0 Å². The minimum Gasteiger partial charge on any atom is -0.207 e. The zero-order valence-electron chi connectivity index (χ0n) is 10.7. The molecule has 0 unspecified atom stereocenters. The van der Waals surface area contributed by atoms with Crippen LogP contribution in [0.5, 0.6) is 0 Å². The van der Waals surface area contributed by atoms with E-state index in [2.05, 4.69) is 4.72 Å². The third-order valence-electron chi connectivity index (χ3n) is 2.81. The zero-order valence-corrected chi connectivity index (χ0v) is 13.0. The van der Waals surface area contributed by atoms with Gasteiger partial charge in [0.2, 0.25) is 10.0 Å². The average Bonchev–Trinajstić information content (AvgIpc) is 2.38. The Morgan fingerprint density at radius 2 is 1.70 bits per heavy atom. The van der Waals surface area contributed by atoms with Gasteiger partial charge in [-0.2, -0.15) is 0 Å². The van der Waals surface area contributed by atoms with Crippen molar-refractivity contribution in [3.05, 3.63) is 64.1 Å². The van der Waals surface area contributed by atoms with Crippen molar-refractivity contribution in [2.45, 2.75) is 17.9 Å². The van der Waals surface area contributed by atoms with Crippen molar-refractivity contribution in [1.82, 2.24) is 4.72 Å². The molecule has 1 atom stereocenters. The molecule has 0 fully saturated rings. The van der Waals surface area contributed by atoms with Gasteiger partial charge in [0.25, 0.3) is 0 Å². The zero-order chi connectivity index (χ0) is 14.8. The highest BCUT2D eigenvalue weighted by Gasteiger charge is 2.21. The summed E-state index contributed by atoms with van der Waals surface area (Å²) in [6.07, 6.45) is 0. The fraction of sp³-hybridized carbons (Fsp3) is 0.143. The SMILES string of the molecule is C[C@H](NS(=O)(=O)c1ccc(Cl)cc1Cl)c1ccccc1. The molecule has 106 valence electrons. The number of nitrogens with one attached hydrogen (secondary N) is 1. The number of hydrogen-bond donors (Lipinski definition) is 1. The molecule has 2 rings (SSSR count). The van der Waals surface area contributed by atoms with E-state index in [-0.39, 0.29) is 16.0 Å². The third-order valence-corrected chi connectivity index (χ3v) is 5.07. The summed E-state index contributed by atoms with van der Waals surface area (Å²) in [4.78, 5) is 0.0198. The number of sulfonamides is 1. The summed E-state index contributed by atoms with van der Waals surface area (Å²) in [6, 6.07) is 13.2. The van der Waals surface area contributed by atoms with Crippen molar-refractivity contribution in [2.75, 3.05) is 0 Å². The molecule has 20 heavy (non-hydrogen) atoms. The van der Waals surface area contributed by atoms with Crippen LogP contribution in [-0.2, 0) is 10.0 Å². The van der Waals surface area contributed by atoms with E-state index < -0.39 is 10.0 Å². The first-order valence-electron chi connectivity index (χ1n) is 5.92.